The number of nitro benzene ring substituents is 1. The lowest BCUT2D eigenvalue weighted by Gasteiger charge is -2.30. The Hall–Kier alpha value is -2.67. The van der Waals surface area contributed by atoms with Gasteiger partial charge in [-0.1, -0.05) is 0 Å². The van der Waals surface area contributed by atoms with Gasteiger partial charge in [-0.3, -0.25) is 24.5 Å². The van der Waals surface area contributed by atoms with E-state index in [1.807, 2.05) is 0 Å². The quantitative estimate of drug-likeness (QED) is 0.314. The largest absolute Gasteiger partial charge is 0.790 e. The van der Waals surface area contributed by atoms with E-state index in [9.17, 15) is 39.2 Å². The van der Waals surface area contributed by atoms with Crippen molar-refractivity contribution >= 4 is 13.5 Å². The number of aromatic amines is 1. The van der Waals surface area contributed by atoms with Gasteiger partial charge in [-0.05, 0) is 17.7 Å². The molecule has 1 aliphatic rings. The Bertz CT molecular complexity index is 1070. The van der Waals surface area contributed by atoms with E-state index in [4.69, 9.17) is 4.74 Å². The molecule has 29 heavy (non-hydrogen) atoms. The second-order valence-electron chi connectivity index (χ2n) is 6.19. The molecule has 14 heteroatoms. The third kappa shape index (κ3) is 4.85. The van der Waals surface area contributed by atoms with E-state index in [-0.39, 0.29) is 17.7 Å². The first kappa shape index (κ1) is 21.0. The van der Waals surface area contributed by atoms with Crippen molar-refractivity contribution in [2.75, 3.05) is 6.61 Å². The predicted octanol–water partition coefficient (Wildman–Crippen LogP) is -1.39. The first-order chi connectivity index (χ1) is 13.5. The van der Waals surface area contributed by atoms with Crippen LogP contribution in [0.5, 0.6) is 0 Å². The highest BCUT2D eigenvalue weighted by atomic mass is 31.2. The minimum Gasteiger partial charge on any atom is -0.790 e. The maximum Gasteiger partial charge on any atom is 0.330 e. The molecule has 0 aliphatic carbocycles. The number of rotatable bonds is 6. The van der Waals surface area contributed by atoms with Gasteiger partial charge in [0.05, 0.1) is 31.0 Å². The third-order valence-corrected chi connectivity index (χ3v) is 4.73. The number of nitrogens with zero attached hydrogens (tertiary/aromatic N) is 2. The van der Waals surface area contributed by atoms with E-state index >= 15 is 0 Å². The van der Waals surface area contributed by atoms with Gasteiger partial charge >= 0.3 is 5.69 Å². The Kier molecular flexibility index (Phi) is 5.80. The number of aliphatic hydroxyl groups is 1. The molecule has 2 N–H and O–H groups in total. The summed E-state index contributed by atoms with van der Waals surface area (Å²) in [4.78, 5) is 57.7. The number of nitrogens with one attached hydrogen (secondary N) is 1. The fourth-order valence-corrected chi connectivity index (χ4v) is 3.20. The topological polar surface area (TPSA) is 200 Å². The number of H-pyrrole nitrogens is 1. The molecule has 3 rings (SSSR count). The van der Waals surface area contributed by atoms with Crippen molar-refractivity contribution in [2.45, 2.75) is 24.9 Å². The Labute approximate surface area is 161 Å². The summed E-state index contributed by atoms with van der Waals surface area (Å²) in [6.45, 7) is -0.727. The van der Waals surface area contributed by atoms with Gasteiger partial charge in [0.2, 0.25) is 0 Å². The van der Waals surface area contributed by atoms with Crippen LogP contribution in [0.3, 0.4) is 0 Å². The fraction of sp³-hybridized carbons (Fsp3) is 0.333. The van der Waals surface area contributed by atoms with Crippen LogP contribution in [-0.2, 0) is 13.8 Å². The molecule has 13 nitrogen and oxygen atoms in total. The molecular formula is C15H14N3O10P-2. The lowest BCUT2D eigenvalue weighted by atomic mass is 10.1. The maximum absolute atomic E-state index is 12.2. The Morgan fingerprint density at radius 2 is 1.97 bits per heavy atom. The molecule has 1 fully saturated rings. The number of non-ortho nitro benzene ring substituents is 1. The lowest BCUT2D eigenvalue weighted by Crippen LogP contribution is -2.33. The van der Waals surface area contributed by atoms with Gasteiger partial charge in [0.1, 0.15) is 12.3 Å². The van der Waals surface area contributed by atoms with Crippen LogP contribution < -0.4 is 21.0 Å². The van der Waals surface area contributed by atoms with Crippen LogP contribution in [0.25, 0.3) is 11.1 Å². The zero-order valence-electron chi connectivity index (χ0n) is 14.5. The minimum absolute atomic E-state index is 0.0147. The second-order valence-corrected chi connectivity index (χ2v) is 7.34. The maximum atomic E-state index is 12.2. The number of hydrogen-bond donors (Lipinski definition) is 2. The Balaban J connectivity index is 1.88. The lowest BCUT2D eigenvalue weighted by molar-refractivity contribution is -0.384. The molecule has 1 aliphatic heterocycles. The van der Waals surface area contributed by atoms with E-state index in [1.165, 1.54) is 24.3 Å². The minimum atomic E-state index is -5.27. The molecule has 1 aromatic heterocycles. The number of phosphoric acid groups is 1. The van der Waals surface area contributed by atoms with Crippen molar-refractivity contribution in [2.24, 2.45) is 0 Å². The number of aliphatic hydroxyl groups excluding tert-OH is 1. The molecule has 3 atom stereocenters. The summed E-state index contributed by atoms with van der Waals surface area (Å²) < 4.78 is 21.1. The SMILES string of the molecule is O=c1[nH]c(=O)n(C2CC(O)C(COP(=O)([O-])[O-])O2)cc1-c1ccc([N+](=O)[O-])cc1. The van der Waals surface area contributed by atoms with Crippen LogP contribution in [0.2, 0.25) is 0 Å². The van der Waals surface area contributed by atoms with Crippen LogP contribution >= 0.6 is 7.82 Å². The Morgan fingerprint density at radius 3 is 2.55 bits per heavy atom. The molecule has 2 aromatic rings. The summed E-state index contributed by atoms with van der Waals surface area (Å²) in [6, 6.07) is 5.05. The smallest absolute Gasteiger partial charge is 0.330 e. The number of nitro groups is 1. The van der Waals surface area contributed by atoms with Gasteiger partial charge in [-0.25, -0.2) is 4.79 Å². The molecular weight excluding hydrogens is 413 g/mol. The zero-order chi connectivity index (χ0) is 21.3. The number of aromatic nitrogens is 2. The summed E-state index contributed by atoms with van der Waals surface area (Å²) in [5.74, 6) is 0. The molecule has 0 bridgehead atoms. The van der Waals surface area contributed by atoms with Crippen LogP contribution in [-0.4, -0.2) is 38.4 Å². The molecule has 1 saturated heterocycles. The van der Waals surface area contributed by atoms with E-state index in [0.717, 1.165) is 10.8 Å². The highest BCUT2D eigenvalue weighted by molar-refractivity contribution is 7.43. The molecule has 2 heterocycles. The zero-order valence-corrected chi connectivity index (χ0v) is 15.4. The van der Waals surface area contributed by atoms with Crippen molar-refractivity contribution < 1.29 is 33.6 Å². The number of phosphoric ester groups is 1. The first-order valence-electron chi connectivity index (χ1n) is 8.15. The van der Waals surface area contributed by atoms with Gasteiger partial charge < -0.3 is 28.7 Å². The van der Waals surface area contributed by atoms with Crippen molar-refractivity contribution in [3.63, 3.8) is 0 Å². The monoisotopic (exact) mass is 427 g/mol. The highest BCUT2D eigenvalue weighted by Crippen LogP contribution is 2.32. The molecule has 0 spiro atoms. The van der Waals surface area contributed by atoms with Crippen molar-refractivity contribution in [1.29, 1.82) is 0 Å². The molecule has 3 unspecified atom stereocenters. The van der Waals surface area contributed by atoms with Gasteiger partial charge in [-0.2, -0.15) is 0 Å². The average Bonchev–Trinajstić information content (AvgIpc) is 3.00. The first-order valence-corrected chi connectivity index (χ1v) is 9.61. The Morgan fingerprint density at radius 1 is 1.31 bits per heavy atom. The van der Waals surface area contributed by atoms with Crippen LogP contribution in [0.4, 0.5) is 5.69 Å². The van der Waals surface area contributed by atoms with E-state index in [0.29, 0.717) is 5.56 Å². The summed E-state index contributed by atoms with van der Waals surface area (Å²) in [6.07, 6.45) is -2.46. The normalized spacial score (nSPS) is 22.0. The number of ether oxygens (including phenoxy) is 1. The number of hydrogen-bond acceptors (Lipinski definition) is 10. The predicted molar refractivity (Wildman–Crippen MR) is 91.5 cm³/mol. The average molecular weight is 427 g/mol. The van der Waals surface area contributed by atoms with E-state index in [1.54, 1.807) is 0 Å². The summed E-state index contributed by atoms with van der Waals surface area (Å²) in [5, 5.41) is 20.7. The molecule has 0 amide bonds. The van der Waals surface area contributed by atoms with E-state index < -0.39 is 49.0 Å². The number of benzene rings is 1. The van der Waals surface area contributed by atoms with Crippen LogP contribution in [0.1, 0.15) is 12.6 Å². The van der Waals surface area contributed by atoms with Crippen molar-refractivity contribution in [1.82, 2.24) is 9.55 Å². The van der Waals surface area contributed by atoms with Crippen molar-refractivity contribution in [3.05, 3.63) is 61.4 Å². The van der Waals surface area contributed by atoms with E-state index in [2.05, 4.69) is 9.51 Å². The van der Waals surface area contributed by atoms with Gasteiger partial charge in [0, 0.05) is 24.8 Å². The van der Waals surface area contributed by atoms with Gasteiger partial charge in [0.15, 0.2) is 0 Å². The highest BCUT2D eigenvalue weighted by Gasteiger charge is 2.36. The molecule has 156 valence electrons. The molecule has 0 radical (unpaired) electrons. The summed E-state index contributed by atoms with van der Waals surface area (Å²) >= 11 is 0. The van der Waals surface area contributed by atoms with Crippen molar-refractivity contribution in [3.8, 4) is 11.1 Å². The molecule has 1 aromatic carbocycles. The van der Waals surface area contributed by atoms with Gasteiger partial charge in [-0.15, -0.1) is 0 Å². The second kappa shape index (κ2) is 7.99. The molecule has 0 saturated carbocycles. The third-order valence-electron chi connectivity index (χ3n) is 4.27. The van der Waals surface area contributed by atoms with Gasteiger partial charge in [0.25, 0.3) is 11.2 Å². The fourth-order valence-electron chi connectivity index (χ4n) is 2.87. The summed E-state index contributed by atoms with van der Waals surface area (Å²) in [5.41, 5.74) is -1.46. The standard InChI is InChI=1S/C15H16N3O10P/c19-11-5-13(28-12(11)7-27-29(24,25)26)17-6-10(14(20)16-15(17)21)8-1-3-9(4-2-8)18(22)23/h1-4,6,11-13,19H,5,7H2,(H,16,20,21)(H2,24,25,26)/p-2. The van der Waals surface area contributed by atoms with Crippen LogP contribution in [0.15, 0.2) is 40.1 Å². The van der Waals surface area contributed by atoms with Crippen LogP contribution in [0, 0.1) is 10.1 Å². The summed E-state index contributed by atoms with van der Waals surface area (Å²) in [7, 11) is -5.27.